The highest BCUT2D eigenvalue weighted by Gasteiger charge is 2.41. The quantitative estimate of drug-likeness (QED) is 0.495. The fourth-order valence-electron chi connectivity index (χ4n) is 3.84. The van der Waals surface area contributed by atoms with Crippen molar-refractivity contribution in [2.45, 2.75) is 45.4 Å². The van der Waals surface area contributed by atoms with Crippen LogP contribution in [0.15, 0.2) is 30.5 Å². The molecule has 2 aliphatic heterocycles. The fourth-order valence-corrected chi connectivity index (χ4v) is 3.84. The maximum atomic E-state index is 12.3. The summed E-state index contributed by atoms with van der Waals surface area (Å²) in [5, 5.41) is 10.9. The summed E-state index contributed by atoms with van der Waals surface area (Å²) < 4.78 is 18.9. The van der Waals surface area contributed by atoms with Crippen molar-refractivity contribution in [1.82, 2.24) is 14.5 Å². The van der Waals surface area contributed by atoms with Crippen LogP contribution in [0.5, 0.6) is 11.8 Å². The number of nitro groups is 1. The molecule has 178 valence electrons. The minimum atomic E-state index is -0.674. The number of aromatic nitrogens is 2. The zero-order valence-corrected chi connectivity index (χ0v) is 19.3. The Kier molecular flexibility index (Phi) is 5.81. The van der Waals surface area contributed by atoms with Crippen molar-refractivity contribution in [3.8, 4) is 11.8 Å². The molecule has 4 rings (SSSR count). The lowest BCUT2D eigenvalue weighted by Crippen LogP contribution is -2.50. The molecule has 2 aliphatic rings. The summed E-state index contributed by atoms with van der Waals surface area (Å²) >= 11 is 0. The maximum absolute atomic E-state index is 12.3. The van der Waals surface area contributed by atoms with Gasteiger partial charge in [0, 0.05) is 42.9 Å². The van der Waals surface area contributed by atoms with Crippen LogP contribution in [0.3, 0.4) is 0 Å². The van der Waals surface area contributed by atoms with Gasteiger partial charge < -0.3 is 34.1 Å². The first-order valence-corrected chi connectivity index (χ1v) is 10.9. The Hall–Kier alpha value is -3.50. The van der Waals surface area contributed by atoms with Crippen molar-refractivity contribution < 1.29 is 23.9 Å². The van der Waals surface area contributed by atoms with Gasteiger partial charge in [-0.25, -0.2) is 4.79 Å². The second kappa shape index (κ2) is 8.45. The third-order valence-corrected chi connectivity index (χ3v) is 5.42. The Morgan fingerprint density at radius 2 is 2.00 bits per heavy atom. The molecule has 0 N–H and O–H groups in total. The molecule has 1 unspecified atom stereocenters. The lowest BCUT2D eigenvalue weighted by atomic mass is 10.1. The molecule has 2 aromatic rings. The molecule has 33 heavy (non-hydrogen) atoms. The first kappa shape index (κ1) is 22.7. The highest BCUT2D eigenvalue weighted by atomic mass is 16.6. The van der Waals surface area contributed by atoms with Crippen LogP contribution in [0.2, 0.25) is 0 Å². The molecule has 0 radical (unpaired) electrons. The van der Waals surface area contributed by atoms with Crippen molar-refractivity contribution in [3.63, 3.8) is 0 Å². The van der Waals surface area contributed by atoms with E-state index in [-0.39, 0.29) is 24.5 Å². The van der Waals surface area contributed by atoms with Gasteiger partial charge in [-0.2, -0.15) is 0 Å². The van der Waals surface area contributed by atoms with Gasteiger partial charge in [0.2, 0.25) is 0 Å². The summed E-state index contributed by atoms with van der Waals surface area (Å²) in [4.78, 5) is 30.4. The minimum Gasteiger partial charge on any atom is -0.489 e. The Balaban J connectivity index is 1.31. The number of benzene rings is 1. The van der Waals surface area contributed by atoms with Gasteiger partial charge in [0.1, 0.15) is 24.2 Å². The van der Waals surface area contributed by atoms with Crippen molar-refractivity contribution in [2.24, 2.45) is 0 Å². The summed E-state index contributed by atoms with van der Waals surface area (Å²) in [5.74, 6) is 0.467. The number of nitrogens with zero attached hydrogens (tertiary/aromatic N) is 5. The third-order valence-electron chi connectivity index (χ3n) is 5.42. The van der Waals surface area contributed by atoms with E-state index in [1.54, 1.807) is 9.47 Å². The lowest BCUT2D eigenvalue weighted by Gasteiger charge is -2.36. The van der Waals surface area contributed by atoms with Gasteiger partial charge in [-0.1, -0.05) is 6.07 Å². The molecule has 1 amide bonds. The summed E-state index contributed by atoms with van der Waals surface area (Å²) in [6, 6.07) is 8.01. The minimum absolute atomic E-state index is 0.226. The Morgan fingerprint density at radius 3 is 2.64 bits per heavy atom. The average Bonchev–Trinajstić information content (AvgIpc) is 3.27. The van der Waals surface area contributed by atoms with Crippen LogP contribution >= 0.6 is 0 Å². The Labute approximate surface area is 192 Å². The Morgan fingerprint density at radius 1 is 1.27 bits per heavy atom. The van der Waals surface area contributed by atoms with E-state index in [9.17, 15) is 14.9 Å². The number of hydrogen-bond acceptors (Lipinski definition) is 8. The van der Waals surface area contributed by atoms with Crippen molar-refractivity contribution in [1.29, 1.82) is 0 Å². The molecule has 0 aliphatic carbocycles. The summed E-state index contributed by atoms with van der Waals surface area (Å²) in [5.41, 5.74) is -0.170. The van der Waals surface area contributed by atoms with Crippen LogP contribution in [0.25, 0.3) is 0 Å². The van der Waals surface area contributed by atoms with E-state index in [1.807, 2.05) is 52.0 Å². The lowest BCUT2D eigenvalue weighted by molar-refractivity contribution is -0.389. The fraction of sp³-hybridized carbons (Fsp3) is 0.545. The third kappa shape index (κ3) is 5.29. The highest BCUT2D eigenvalue weighted by molar-refractivity contribution is 5.68. The molecule has 1 atom stereocenters. The van der Waals surface area contributed by atoms with E-state index in [1.165, 1.54) is 6.20 Å². The van der Waals surface area contributed by atoms with Gasteiger partial charge in [-0.05, 0) is 44.8 Å². The molecular weight excluding hydrogens is 430 g/mol. The zero-order chi connectivity index (χ0) is 23.8. The van der Waals surface area contributed by atoms with Gasteiger partial charge in [0.15, 0.2) is 5.60 Å². The monoisotopic (exact) mass is 459 g/mol. The number of anilines is 1. The van der Waals surface area contributed by atoms with E-state index in [0.717, 1.165) is 5.69 Å². The standard InChI is InChI=1S/C22H29N5O6/c1-21(2,3)33-20(28)25-10-8-24(9-11-25)16-6-5-7-17(12-16)31-15-22(4)14-26-13-18(27(29)30)23-19(26)32-22/h5-7,12-13H,8-11,14-15H2,1-4H3. The molecule has 11 heteroatoms. The number of ether oxygens (including phenoxy) is 3. The highest BCUT2D eigenvalue weighted by Crippen LogP contribution is 2.32. The van der Waals surface area contributed by atoms with E-state index in [4.69, 9.17) is 14.2 Å². The van der Waals surface area contributed by atoms with Crippen molar-refractivity contribution in [3.05, 3.63) is 40.6 Å². The van der Waals surface area contributed by atoms with Crippen LogP contribution in [0.4, 0.5) is 16.3 Å². The SMILES string of the molecule is CC(C)(C)OC(=O)N1CCN(c2cccc(OCC3(C)Cn4cc([N+](=O)[O-])nc4O3)c2)CC1. The number of hydrogen-bond donors (Lipinski definition) is 0. The molecule has 1 saturated heterocycles. The smallest absolute Gasteiger partial charge is 0.415 e. The van der Waals surface area contributed by atoms with E-state index < -0.39 is 16.1 Å². The molecular formula is C22H29N5O6. The zero-order valence-electron chi connectivity index (χ0n) is 19.3. The molecule has 11 nitrogen and oxygen atoms in total. The largest absolute Gasteiger partial charge is 0.489 e. The summed E-state index contributed by atoms with van der Waals surface area (Å²) in [6.07, 6.45) is 1.09. The van der Waals surface area contributed by atoms with E-state index in [2.05, 4.69) is 9.88 Å². The first-order valence-electron chi connectivity index (χ1n) is 10.9. The number of fused-ring (bicyclic) bond motifs is 1. The molecule has 1 aromatic carbocycles. The Bertz CT molecular complexity index is 1010. The second-order valence-corrected chi connectivity index (χ2v) is 9.56. The van der Waals surface area contributed by atoms with Crippen LogP contribution in [0, 0.1) is 10.1 Å². The predicted molar refractivity (Wildman–Crippen MR) is 120 cm³/mol. The number of rotatable bonds is 5. The molecule has 1 aromatic heterocycles. The van der Waals surface area contributed by atoms with E-state index >= 15 is 0 Å². The number of carbonyl (C=O) groups is 1. The number of amides is 1. The van der Waals surface area contributed by atoms with Crippen LogP contribution < -0.4 is 14.4 Å². The van der Waals surface area contributed by atoms with Gasteiger partial charge in [-0.15, -0.1) is 0 Å². The van der Waals surface area contributed by atoms with Crippen molar-refractivity contribution >= 4 is 17.6 Å². The van der Waals surface area contributed by atoms with Gasteiger partial charge in [-0.3, -0.25) is 4.57 Å². The molecule has 1 fully saturated rings. The van der Waals surface area contributed by atoms with Crippen LogP contribution in [-0.2, 0) is 11.3 Å². The number of piperazine rings is 1. The normalized spacial score (nSPS) is 20.2. The van der Waals surface area contributed by atoms with Crippen LogP contribution in [-0.4, -0.2) is 69.5 Å². The van der Waals surface area contributed by atoms with Gasteiger partial charge >= 0.3 is 17.9 Å². The molecule has 0 spiro atoms. The van der Waals surface area contributed by atoms with E-state index in [0.29, 0.717) is 38.5 Å². The number of carbonyl (C=O) groups excluding carboxylic acids is 1. The second-order valence-electron chi connectivity index (χ2n) is 9.56. The van der Waals surface area contributed by atoms with Crippen LogP contribution in [0.1, 0.15) is 27.7 Å². The average molecular weight is 460 g/mol. The van der Waals surface area contributed by atoms with Gasteiger partial charge in [0.05, 0.1) is 6.54 Å². The maximum Gasteiger partial charge on any atom is 0.415 e. The summed E-state index contributed by atoms with van der Waals surface area (Å²) in [6.45, 7) is 10.7. The molecule has 3 heterocycles. The molecule has 0 bridgehead atoms. The molecule has 0 saturated carbocycles. The summed E-state index contributed by atoms with van der Waals surface area (Å²) in [7, 11) is 0. The first-order chi connectivity index (χ1) is 15.5. The predicted octanol–water partition coefficient (Wildman–Crippen LogP) is 3.08. The van der Waals surface area contributed by atoms with Gasteiger partial charge in [0.25, 0.3) is 0 Å². The topological polar surface area (TPSA) is 112 Å². The van der Waals surface area contributed by atoms with Crippen molar-refractivity contribution in [2.75, 3.05) is 37.7 Å². The number of imidazole rings is 1.